The lowest BCUT2D eigenvalue weighted by atomic mass is 10.1. The molecule has 0 aliphatic rings. The first-order valence-corrected chi connectivity index (χ1v) is 7.84. The normalized spacial score (nSPS) is 11.0. The van der Waals surface area contributed by atoms with Crippen LogP contribution in [-0.4, -0.2) is 25.2 Å². The number of pyridine rings is 1. The molecule has 23 heavy (non-hydrogen) atoms. The Morgan fingerprint density at radius 3 is 2.52 bits per heavy atom. The molecule has 122 valence electrons. The van der Waals surface area contributed by atoms with Crippen LogP contribution in [0.4, 0.5) is 0 Å². The molecule has 0 radical (unpaired) electrons. The van der Waals surface area contributed by atoms with Crippen LogP contribution in [0, 0.1) is 6.92 Å². The molecule has 5 heteroatoms. The second kappa shape index (κ2) is 7.49. The summed E-state index contributed by atoms with van der Waals surface area (Å²) in [5, 5.41) is 0.903. The molecule has 0 atom stereocenters. The van der Waals surface area contributed by atoms with E-state index in [4.69, 9.17) is 16.3 Å². The Morgan fingerprint density at radius 2 is 1.96 bits per heavy atom. The van der Waals surface area contributed by atoms with Crippen molar-refractivity contribution >= 4 is 22.5 Å². The highest BCUT2D eigenvalue weighted by Gasteiger charge is 2.18. The van der Waals surface area contributed by atoms with Crippen molar-refractivity contribution in [3.05, 3.63) is 63.9 Å². The Hall–Kier alpha value is -2.04. The van der Waals surface area contributed by atoms with Crippen molar-refractivity contribution in [2.24, 2.45) is 0 Å². The lowest BCUT2D eigenvalue weighted by molar-refractivity contribution is -0.902. The zero-order valence-corrected chi connectivity index (χ0v) is 14.3. The van der Waals surface area contributed by atoms with Gasteiger partial charge in [-0.25, -0.2) is 0 Å². The number of benzene rings is 1. The highest BCUT2D eigenvalue weighted by Crippen LogP contribution is 2.28. The number of aromatic nitrogens is 1. The maximum Gasteiger partial charge on any atom is 0.200 e. The Labute approximate surface area is 141 Å². The highest BCUT2D eigenvalue weighted by atomic mass is 35.5. The SMILES string of the molecule is C=CC[NH+](CC=C)Cc1c(C)[nH]c2c(OC)ccc(Cl)c2c1=O. The minimum Gasteiger partial charge on any atom is -0.495 e. The number of hydrogen-bond acceptors (Lipinski definition) is 2. The predicted octanol–water partition coefficient (Wildman–Crippen LogP) is 2.26. The summed E-state index contributed by atoms with van der Waals surface area (Å²) in [5.74, 6) is 0.609. The van der Waals surface area contributed by atoms with Gasteiger partial charge in [0.05, 0.1) is 41.7 Å². The van der Waals surface area contributed by atoms with E-state index in [0.29, 0.717) is 28.2 Å². The maximum absolute atomic E-state index is 13.0. The van der Waals surface area contributed by atoms with Gasteiger partial charge in [0.15, 0.2) is 5.43 Å². The molecule has 0 saturated carbocycles. The summed E-state index contributed by atoms with van der Waals surface area (Å²) in [6.07, 6.45) is 3.69. The summed E-state index contributed by atoms with van der Waals surface area (Å²) in [6.45, 7) is 11.6. The summed E-state index contributed by atoms with van der Waals surface area (Å²) in [5.41, 5.74) is 2.14. The molecule has 4 nitrogen and oxygen atoms in total. The van der Waals surface area contributed by atoms with Crippen molar-refractivity contribution in [3.63, 3.8) is 0 Å². The van der Waals surface area contributed by atoms with E-state index in [1.165, 1.54) is 4.90 Å². The Kier molecular flexibility index (Phi) is 5.64. The lowest BCUT2D eigenvalue weighted by Crippen LogP contribution is -3.10. The molecule has 0 saturated heterocycles. The van der Waals surface area contributed by atoms with Crippen LogP contribution < -0.4 is 15.1 Å². The van der Waals surface area contributed by atoms with Gasteiger partial charge >= 0.3 is 0 Å². The number of quaternary nitrogens is 1. The van der Waals surface area contributed by atoms with Crippen LogP contribution >= 0.6 is 11.6 Å². The lowest BCUT2D eigenvalue weighted by Gasteiger charge is -2.18. The first-order chi connectivity index (χ1) is 11.0. The second-order valence-corrected chi connectivity index (χ2v) is 5.88. The number of nitrogens with one attached hydrogen (secondary N) is 2. The van der Waals surface area contributed by atoms with Gasteiger partial charge in [-0.15, -0.1) is 0 Å². The van der Waals surface area contributed by atoms with E-state index in [1.807, 2.05) is 19.1 Å². The van der Waals surface area contributed by atoms with Crippen molar-refractivity contribution < 1.29 is 9.64 Å². The third-order valence-electron chi connectivity index (χ3n) is 3.90. The number of ether oxygens (including phenoxy) is 1. The number of hydrogen-bond donors (Lipinski definition) is 2. The third kappa shape index (κ3) is 3.49. The van der Waals surface area contributed by atoms with Gasteiger partial charge < -0.3 is 14.6 Å². The van der Waals surface area contributed by atoms with Crippen LogP contribution in [0.15, 0.2) is 42.2 Å². The molecule has 0 bridgehead atoms. The summed E-state index contributed by atoms with van der Waals surface area (Å²) in [6, 6.07) is 3.45. The van der Waals surface area contributed by atoms with Crippen LogP contribution in [0.3, 0.4) is 0 Å². The first-order valence-electron chi connectivity index (χ1n) is 7.46. The monoisotopic (exact) mass is 333 g/mol. The summed E-state index contributed by atoms with van der Waals surface area (Å²) >= 11 is 6.26. The van der Waals surface area contributed by atoms with Crippen LogP contribution in [0.5, 0.6) is 5.75 Å². The molecule has 1 aromatic carbocycles. The van der Waals surface area contributed by atoms with Gasteiger partial charge in [0, 0.05) is 5.69 Å². The van der Waals surface area contributed by atoms with Gasteiger partial charge in [0.2, 0.25) is 0 Å². The molecule has 0 amide bonds. The molecule has 1 heterocycles. The molecule has 0 aliphatic heterocycles. The van der Waals surface area contributed by atoms with Crippen molar-refractivity contribution in [3.8, 4) is 5.75 Å². The van der Waals surface area contributed by atoms with Crippen molar-refractivity contribution in [1.82, 2.24) is 4.98 Å². The quantitative estimate of drug-likeness (QED) is 0.763. The molecular formula is C18H22ClN2O2+. The molecular weight excluding hydrogens is 312 g/mol. The van der Waals surface area contributed by atoms with E-state index in [0.717, 1.165) is 24.3 Å². The van der Waals surface area contributed by atoms with E-state index in [9.17, 15) is 4.79 Å². The number of rotatable bonds is 7. The fraction of sp³-hybridized carbons (Fsp3) is 0.278. The fourth-order valence-electron chi connectivity index (χ4n) is 2.76. The zero-order valence-electron chi connectivity index (χ0n) is 13.5. The van der Waals surface area contributed by atoms with Gasteiger partial charge in [-0.1, -0.05) is 24.8 Å². The third-order valence-corrected chi connectivity index (χ3v) is 4.21. The molecule has 0 spiro atoms. The largest absolute Gasteiger partial charge is 0.495 e. The highest BCUT2D eigenvalue weighted by molar-refractivity contribution is 6.35. The van der Waals surface area contributed by atoms with E-state index < -0.39 is 0 Å². The molecule has 2 rings (SSSR count). The smallest absolute Gasteiger partial charge is 0.200 e. The van der Waals surface area contributed by atoms with Crippen LogP contribution in [0.1, 0.15) is 11.3 Å². The van der Waals surface area contributed by atoms with Gasteiger partial charge in [-0.05, 0) is 31.2 Å². The van der Waals surface area contributed by atoms with Gasteiger partial charge in [-0.2, -0.15) is 0 Å². The number of fused-ring (bicyclic) bond motifs is 1. The summed E-state index contributed by atoms with van der Waals surface area (Å²) in [4.78, 5) is 17.4. The van der Waals surface area contributed by atoms with Gasteiger partial charge in [0.1, 0.15) is 12.3 Å². The molecule has 0 unspecified atom stereocenters. The van der Waals surface area contributed by atoms with E-state index >= 15 is 0 Å². The molecule has 1 aromatic heterocycles. The minimum atomic E-state index is -0.0502. The number of methoxy groups -OCH3 is 1. The average molecular weight is 334 g/mol. The summed E-state index contributed by atoms with van der Waals surface area (Å²) < 4.78 is 5.33. The average Bonchev–Trinajstić information content (AvgIpc) is 2.51. The fourth-order valence-corrected chi connectivity index (χ4v) is 3.00. The van der Waals surface area contributed by atoms with Crippen molar-refractivity contribution in [1.29, 1.82) is 0 Å². The Bertz CT molecular complexity index is 786. The second-order valence-electron chi connectivity index (χ2n) is 5.47. The number of halogens is 1. The zero-order chi connectivity index (χ0) is 17.0. The van der Waals surface area contributed by atoms with Crippen molar-refractivity contribution in [2.75, 3.05) is 20.2 Å². The standard InChI is InChI=1S/C18H21ClN2O2/c1-5-9-21(10-6-2)11-13-12(3)20-17-15(23-4)8-7-14(19)16(17)18(13)22/h5-8H,1-2,9-11H2,3-4H3,(H,20,22)/p+1. The van der Waals surface area contributed by atoms with Crippen LogP contribution in [-0.2, 0) is 6.54 Å². The minimum absolute atomic E-state index is 0.0502. The number of aromatic amines is 1. The Morgan fingerprint density at radius 1 is 1.30 bits per heavy atom. The van der Waals surface area contributed by atoms with E-state index in [-0.39, 0.29) is 5.43 Å². The predicted molar refractivity (Wildman–Crippen MR) is 95.7 cm³/mol. The Balaban J connectivity index is 2.61. The molecule has 2 aromatic rings. The number of aryl methyl sites for hydroxylation is 1. The first kappa shape index (κ1) is 17.3. The van der Waals surface area contributed by atoms with Crippen molar-refractivity contribution in [2.45, 2.75) is 13.5 Å². The van der Waals surface area contributed by atoms with Gasteiger partial charge in [0.25, 0.3) is 0 Å². The van der Waals surface area contributed by atoms with E-state index in [1.54, 1.807) is 19.2 Å². The molecule has 0 fully saturated rings. The summed E-state index contributed by atoms with van der Waals surface area (Å²) in [7, 11) is 1.57. The van der Waals surface area contributed by atoms with Gasteiger partial charge in [-0.3, -0.25) is 4.79 Å². The van der Waals surface area contributed by atoms with Crippen LogP contribution in [0.2, 0.25) is 5.02 Å². The molecule has 0 aliphatic carbocycles. The number of H-pyrrole nitrogens is 1. The topological polar surface area (TPSA) is 46.5 Å². The molecule has 2 N–H and O–H groups in total. The van der Waals surface area contributed by atoms with E-state index in [2.05, 4.69) is 18.1 Å². The van der Waals surface area contributed by atoms with Crippen LogP contribution in [0.25, 0.3) is 10.9 Å². The maximum atomic E-state index is 13.0.